The van der Waals surface area contributed by atoms with Gasteiger partial charge in [0.2, 0.25) is 0 Å². The average molecular weight is 311 g/mol. The van der Waals surface area contributed by atoms with Gasteiger partial charge in [0.1, 0.15) is 0 Å². The van der Waals surface area contributed by atoms with E-state index >= 15 is 0 Å². The van der Waals surface area contributed by atoms with Crippen LogP contribution in [-0.2, 0) is 4.74 Å². The van der Waals surface area contributed by atoms with Crippen LogP contribution in [0.15, 0.2) is 42.5 Å². The largest absolute Gasteiger partial charge is 0.398 e. The van der Waals surface area contributed by atoms with E-state index in [0.29, 0.717) is 16.9 Å². The summed E-state index contributed by atoms with van der Waals surface area (Å²) >= 11 is 0. The molecular weight excluding hydrogens is 290 g/mol. The van der Waals surface area contributed by atoms with Crippen LogP contribution in [-0.4, -0.2) is 32.2 Å². The van der Waals surface area contributed by atoms with Crippen LogP contribution in [0.4, 0.5) is 17.1 Å². The zero-order chi connectivity index (χ0) is 16.2. The molecular formula is C18H21N3O2. The number of nitrogen functional groups attached to an aromatic ring is 1. The van der Waals surface area contributed by atoms with Gasteiger partial charge in [-0.15, -0.1) is 0 Å². The lowest BCUT2D eigenvalue weighted by molar-refractivity contribution is 0.102. The van der Waals surface area contributed by atoms with Gasteiger partial charge in [0, 0.05) is 35.7 Å². The van der Waals surface area contributed by atoms with Crippen LogP contribution in [0.1, 0.15) is 15.9 Å². The normalized spacial score (nSPS) is 14.6. The Morgan fingerprint density at radius 2 is 1.96 bits per heavy atom. The van der Waals surface area contributed by atoms with Gasteiger partial charge in [0.05, 0.1) is 13.2 Å². The van der Waals surface area contributed by atoms with E-state index in [4.69, 9.17) is 10.5 Å². The standard InChI is InChI=1S/C18H21N3O2/c1-13-5-6-15(12-17(13)19)20-18(22)14-3-2-4-16(11-14)21-7-9-23-10-8-21/h2-6,11-12H,7-10,19H2,1H3,(H,20,22). The van der Waals surface area contributed by atoms with Crippen LogP contribution in [0.5, 0.6) is 0 Å². The second kappa shape index (κ2) is 6.71. The molecule has 1 aliphatic heterocycles. The van der Waals surface area contributed by atoms with Crippen molar-refractivity contribution >= 4 is 23.0 Å². The van der Waals surface area contributed by atoms with Crippen LogP contribution < -0.4 is 16.0 Å². The molecule has 5 nitrogen and oxygen atoms in total. The monoisotopic (exact) mass is 311 g/mol. The predicted octanol–water partition coefficient (Wildman–Crippen LogP) is 2.67. The minimum absolute atomic E-state index is 0.136. The van der Waals surface area contributed by atoms with E-state index < -0.39 is 0 Å². The number of hydrogen-bond donors (Lipinski definition) is 2. The first kappa shape index (κ1) is 15.4. The van der Waals surface area contributed by atoms with Crippen molar-refractivity contribution in [1.82, 2.24) is 0 Å². The molecule has 1 fully saturated rings. The molecule has 1 heterocycles. The fraction of sp³-hybridized carbons (Fsp3) is 0.278. The maximum Gasteiger partial charge on any atom is 0.255 e. The van der Waals surface area contributed by atoms with Crippen molar-refractivity contribution in [1.29, 1.82) is 0 Å². The lowest BCUT2D eigenvalue weighted by Crippen LogP contribution is -2.36. The third-order valence-corrected chi connectivity index (χ3v) is 4.02. The predicted molar refractivity (Wildman–Crippen MR) is 93.0 cm³/mol. The molecule has 0 unspecified atom stereocenters. The molecule has 0 aromatic heterocycles. The number of nitrogens with zero attached hydrogens (tertiary/aromatic N) is 1. The van der Waals surface area contributed by atoms with Crippen LogP contribution in [0.2, 0.25) is 0 Å². The van der Waals surface area contributed by atoms with Gasteiger partial charge in [0.25, 0.3) is 5.91 Å². The molecule has 0 atom stereocenters. The molecule has 1 saturated heterocycles. The van der Waals surface area contributed by atoms with Crippen LogP contribution in [0, 0.1) is 6.92 Å². The Hall–Kier alpha value is -2.53. The number of rotatable bonds is 3. The number of amides is 1. The zero-order valence-electron chi connectivity index (χ0n) is 13.2. The van der Waals surface area contributed by atoms with Crippen molar-refractivity contribution in [2.45, 2.75) is 6.92 Å². The Labute approximate surface area is 136 Å². The molecule has 0 saturated carbocycles. The number of nitrogens with two attached hydrogens (primary N) is 1. The molecule has 5 heteroatoms. The number of nitrogens with one attached hydrogen (secondary N) is 1. The highest BCUT2D eigenvalue weighted by atomic mass is 16.5. The van der Waals surface area contributed by atoms with Crippen molar-refractivity contribution in [3.63, 3.8) is 0 Å². The molecule has 0 spiro atoms. The summed E-state index contributed by atoms with van der Waals surface area (Å²) in [5, 5.41) is 2.89. The average Bonchev–Trinajstić information content (AvgIpc) is 2.59. The van der Waals surface area contributed by atoms with Crippen molar-refractivity contribution in [2.75, 3.05) is 42.3 Å². The number of benzene rings is 2. The van der Waals surface area contributed by atoms with Gasteiger partial charge >= 0.3 is 0 Å². The van der Waals surface area contributed by atoms with Crippen LogP contribution in [0.25, 0.3) is 0 Å². The minimum Gasteiger partial charge on any atom is -0.398 e. The van der Waals surface area contributed by atoms with E-state index in [1.807, 2.05) is 43.3 Å². The zero-order valence-corrected chi connectivity index (χ0v) is 13.2. The third kappa shape index (κ3) is 3.63. The lowest BCUT2D eigenvalue weighted by Gasteiger charge is -2.29. The number of hydrogen-bond acceptors (Lipinski definition) is 4. The van der Waals surface area contributed by atoms with Gasteiger partial charge in [-0.1, -0.05) is 12.1 Å². The minimum atomic E-state index is -0.136. The highest BCUT2D eigenvalue weighted by molar-refractivity contribution is 6.05. The fourth-order valence-corrected chi connectivity index (χ4v) is 2.59. The van der Waals surface area contributed by atoms with Crippen molar-refractivity contribution in [3.8, 4) is 0 Å². The second-order valence-corrected chi connectivity index (χ2v) is 5.68. The molecule has 23 heavy (non-hydrogen) atoms. The molecule has 0 bridgehead atoms. The number of ether oxygens (including phenoxy) is 1. The smallest absolute Gasteiger partial charge is 0.255 e. The van der Waals surface area contributed by atoms with E-state index in [9.17, 15) is 4.79 Å². The number of aryl methyl sites for hydroxylation is 1. The fourth-order valence-electron chi connectivity index (χ4n) is 2.59. The molecule has 3 rings (SSSR count). The highest BCUT2D eigenvalue weighted by Crippen LogP contribution is 2.20. The molecule has 0 radical (unpaired) electrons. The number of carbonyl (C=O) groups excluding carboxylic acids is 1. The van der Waals surface area contributed by atoms with Crippen LogP contribution in [0.3, 0.4) is 0 Å². The number of carbonyl (C=O) groups is 1. The Morgan fingerprint density at radius 3 is 2.70 bits per heavy atom. The first-order chi connectivity index (χ1) is 11.1. The maximum absolute atomic E-state index is 12.5. The summed E-state index contributed by atoms with van der Waals surface area (Å²) in [6.45, 7) is 5.07. The molecule has 0 aliphatic carbocycles. The number of anilines is 3. The topological polar surface area (TPSA) is 67.6 Å². The molecule has 3 N–H and O–H groups in total. The molecule has 1 aliphatic rings. The quantitative estimate of drug-likeness (QED) is 0.855. The summed E-state index contributed by atoms with van der Waals surface area (Å²) in [6, 6.07) is 13.2. The SMILES string of the molecule is Cc1ccc(NC(=O)c2cccc(N3CCOCC3)c2)cc1N. The molecule has 120 valence electrons. The van der Waals surface area contributed by atoms with Gasteiger partial charge in [-0.05, 0) is 42.8 Å². The first-order valence-corrected chi connectivity index (χ1v) is 7.74. The van der Waals surface area contributed by atoms with Gasteiger partial charge in [-0.3, -0.25) is 4.79 Å². The van der Waals surface area contributed by atoms with E-state index in [-0.39, 0.29) is 5.91 Å². The lowest BCUT2D eigenvalue weighted by atomic mass is 10.1. The summed E-state index contributed by atoms with van der Waals surface area (Å²) in [6.07, 6.45) is 0. The summed E-state index contributed by atoms with van der Waals surface area (Å²) in [5.74, 6) is -0.136. The van der Waals surface area contributed by atoms with Gasteiger partial charge in [-0.25, -0.2) is 0 Å². The summed E-state index contributed by atoms with van der Waals surface area (Å²) in [4.78, 5) is 14.7. The van der Waals surface area contributed by atoms with E-state index in [0.717, 1.165) is 37.6 Å². The van der Waals surface area contributed by atoms with Crippen molar-refractivity contribution in [3.05, 3.63) is 53.6 Å². The van der Waals surface area contributed by atoms with E-state index in [2.05, 4.69) is 10.2 Å². The maximum atomic E-state index is 12.5. The van der Waals surface area contributed by atoms with Crippen molar-refractivity contribution in [2.24, 2.45) is 0 Å². The summed E-state index contributed by atoms with van der Waals surface area (Å²) < 4.78 is 5.37. The molecule has 2 aromatic carbocycles. The van der Waals surface area contributed by atoms with E-state index in [1.54, 1.807) is 6.07 Å². The van der Waals surface area contributed by atoms with Gasteiger partial charge < -0.3 is 20.7 Å². The van der Waals surface area contributed by atoms with Gasteiger partial charge in [-0.2, -0.15) is 0 Å². The van der Waals surface area contributed by atoms with Gasteiger partial charge in [0.15, 0.2) is 0 Å². The Kier molecular flexibility index (Phi) is 4.48. The van der Waals surface area contributed by atoms with Crippen molar-refractivity contribution < 1.29 is 9.53 Å². The molecule has 1 amide bonds. The Bertz CT molecular complexity index is 709. The van der Waals surface area contributed by atoms with Crippen LogP contribution >= 0.6 is 0 Å². The molecule has 2 aromatic rings. The van der Waals surface area contributed by atoms with E-state index in [1.165, 1.54) is 0 Å². The summed E-state index contributed by atoms with van der Waals surface area (Å²) in [7, 11) is 0. The highest BCUT2D eigenvalue weighted by Gasteiger charge is 2.13. The Morgan fingerprint density at radius 1 is 1.17 bits per heavy atom. The second-order valence-electron chi connectivity index (χ2n) is 5.68. The third-order valence-electron chi connectivity index (χ3n) is 4.02. The number of morpholine rings is 1. The Balaban J connectivity index is 1.75. The summed E-state index contributed by atoms with van der Waals surface area (Å²) in [5.41, 5.74) is 9.94. The first-order valence-electron chi connectivity index (χ1n) is 7.74.